The molecule has 0 spiro atoms. The quantitative estimate of drug-likeness (QED) is 0.142. The molecular weight excluding hydrogens is 1120 g/mol. The first kappa shape index (κ1) is 56.4. The zero-order chi connectivity index (χ0) is 60.3. The minimum Gasteiger partial charge on any atom is -0.488 e. The van der Waals surface area contributed by atoms with Gasteiger partial charge >= 0.3 is 0 Å². The monoisotopic (exact) mass is 1180 g/mol. The first-order valence-corrected chi connectivity index (χ1v) is 30.0. The number of nitrogens with zero attached hydrogens (tertiary/aromatic N) is 8. The normalized spacial score (nSPS) is 13.6. The SMILES string of the molecule is c1ccc2c(c1)CN1Cc3ccccc3OCc3ccc(nc3)-c3ccc(cn3)COc3ccccc3CN(Cc3ccccc3OCc3ccc(nc3)-c3ccc(cn3)CO2)c2ccccc2OCc2ccc(nc2)-c2ccc(cn2)COc2ccccc21. The van der Waals surface area contributed by atoms with Crippen molar-refractivity contribution in [1.82, 2.24) is 29.9 Å². The molecule has 0 aliphatic carbocycles. The maximum absolute atomic E-state index is 6.76. The van der Waals surface area contributed by atoms with E-state index in [0.717, 1.165) is 124 Å². The predicted octanol–water partition coefficient (Wildman–Crippen LogP) is 15.6. The molecule has 0 amide bonds. The molecule has 14 aliphatic rings. The molecule has 14 aliphatic heterocycles. The molecule has 0 radical (unpaired) electrons. The number of hydrogen-bond donors (Lipinski definition) is 0. The topological polar surface area (TPSA) is 139 Å². The van der Waals surface area contributed by atoms with E-state index in [2.05, 4.69) is 46.2 Å². The van der Waals surface area contributed by atoms with Gasteiger partial charge < -0.3 is 38.2 Å². The van der Waals surface area contributed by atoms with Gasteiger partial charge in [0.1, 0.15) is 74.1 Å². The number of benzene rings is 6. The summed E-state index contributed by atoms with van der Waals surface area (Å²) < 4.78 is 40.2. The molecule has 0 unspecified atom stereocenters. The van der Waals surface area contributed by atoms with E-state index >= 15 is 0 Å². The lowest BCUT2D eigenvalue weighted by atomic mass is 10.1. The van der Waals surface area contributed by atoms with E-state index in [-0.39, 0.29) is 13.2 Å². The summed E-state index contributed by atoms with van der Waals surface area (Å²) in [6.45, 7) is 3.68. The fourth-order valence-corrected chi connectivity index (χ4v) is 11.0. The van der Waals surface area contributed by atoms with Gasteiger partial charge in [0.25, 0.3) is 0 Å². The Morgan fingerprint density at radius 2 is 0.411 bits per heavy atom. The summed E-state index contributed by atoms with van der Waals surface area (Å²) in [6, 6.07) is 73.1. The van der Waals surface area contributed by atoms with Crippen LogP contribution in [0.25, 0.3) is 34.2 Å². The van der Waals surface area contributed by atoms with Crippen LogP contribution in [0.15, 0.2) is 256 Å². The highest BCUT2D eigenvalue weighted by Gasteiger charge is 2.22. The van der Waals surface area contributed by atoms with Crippen molar-refractivity contribution in [3.05, 3.63) is 311 Å². The lowest BCUT2D eigenvalue weighted by Gasteiger charge is -2.29. The van der Waals surface area contributed by atoms with Crippen LogP contribution in [0.1, 0.15) is 55.6 Å². The van der Waals surface area contributed by atoms with E-state index in [1.165, 1.54) is 0 Å². The van der Waals surface area contributed by atoms with Crippen LogP contribution in [0, 0.1) is 0 Å². The van der Waals surface area contributed by atoms with Crippen molar-refractivity contribution >= 4 is 11.4 Å². The third kappa shape index (κ3) is 13.4. The molecule has 0 saturated carbocycles. The van der Waals surface area contributed by atoms with Crippen molar-refractivity contribution in [3.63, 3.8) is 0 Å². The van der Waals surface area contributed by atoms with E-state index in [4.69, 9.17) is 58.3 Å². The molecule has 20 heterocycles. The number of pyridine rings is 6. The lowest BCUT2D eigenvalue weighted by Crippen LogP contribution is -2.23. The van der Waals surface area contributed by atoms with Crippen molar-refractivity contribution in [2.24, 2.45) is 0 Å². The molecule has 14 heteroatoms. The van der Waals surface area contributed by atoms with Crippen LogP contribution in [0.4, 0.5) is 11.4 Å². The Bertz CT molecular complexity index is 3910. The van der Waals surface area contributed by atoms with Crippen LogP contribution < -0.4 is 38.2 Å². The number of anilines is 2. The first-order valence-electron chi connectivity index (χ1n) is 30.0. The standard InChI is InChI=1S/C76H62N8O6/c1-7-19-71-59(13-1)43-83-44-60-14-2-8-20-72(60)86-48-54-26-33-65(79-38-54)66-34-28-56(40-80-66)50-88-74-22-10-4-16-62(74)46-84(45-61-15-3-9-21-73(61)87-49-55-27-32-64(78-39-55)63-31-25-53(37-77-63)47-85-71)70-18-6-12-24-76(70)90-52-58-30-36-68(82-42-58)67-35-29-57(41-81-67)51-89-75-23-11-5-17-69(75)83/h1-42H,43-52H2. The summed E-state index contributed by atoms with van der Waals surface area (Å²) in [4.78, 5) is 33.8. The average molecular weight is 1180 g/mol. The molecule has 0 N–H and O–H groups in total. The number of aromatic nitrogens is 6. The molecule has 0 saturated heterocycles. The Hall–Kier alpha value is -11.4. The van der Waals surface area contributed by atoms with Crippen LogP contribution in [0.3, 0.4) is 0 Å². The molecule has 6 aromatic carbocycles. The van der Waals surface area contributed by atoms with Gasteiger partial charge in [0, 0.05) is 119 Å². The van der Waals surface area contributed by atoms with E-state index in [1.54, 1.807) is 0 Å². The summed E-state index contributed by atoms with van der Waals surface area (Å²) in [7, 11) is 0. The summed E-state index contributed by atoms with van der Waals surface area (Å²) in [5, 5.41) is 0. The van der Waals surface area contributed by atoms with Gasteiger partial charge in [-0.25, -0.2) is 0 Å². The highest BCUT2D eigenvalue weighted by Crippen LogP contribution is 2.38. The van der Waals surface area contributed by atoms with Gasteiger partial charge in [0.05, 0.1) is 45.5 Å². The minimum absolute atomic E-state index is 0.281. The highest BCUT2D eigenvalue weighted by molar-refractivity contribution is 5.63. The number of rotatable bonds is 0. The molecule has 14 bridgehead atoms. The molecule has 14 nitrogen and oxygen atoms in total. The van der Waals surface area contributed by atoms with Crippen LogP contribution in [-0.2, 0) is 65.8 Å². The Balaban J connectivity index is 0.856. The van der Waals surface area contributed by atoms with Gasteiger partial charge in [-0.05, 0) is 84.9 Å². The molecule has 0 atom stereocenters. The third-order valence-electron chi connectivity index (χ3n) is 15.8. The third-order valence-corrected chi connectivity index (χ3v) is 15.8. The van der Waals surface area contributed by atoms with Gasteiger partial charge in [-0.2, -0.15) is 0 Å². The minimum atomic E-state index is 0.281. The Kier molecular flexibility index (Phi) is 16.7. The van der Waals surface area contributed by atoms with E-state index in [1.807, 2.05) is 219 Å². The van der Waals surface area contributed by atoms with Crippen LogP contribution in [0.2, 0.25) is 0 Å². The number of para-hydroxylation sites is 8. The molecule has 26 rings (SSSR count). The van der Waals surface area contributed by atoms with Gasteiger partial charge in [0.15, 0.2) is 0 Å². The van der Waals surface area contributed by atoms with Gasteiger partial charge in [0.2, 0.25) is 0 Å². The number of ether oxygens (including phenoxy) is 6. The van der Waals surface area contributed by atoms with Crippen molar-refractivity contribution in [1.29, 1.82) is 0 Å². The van der Waals surface area contributed by atoms with Crippen molar-refractivity contribution in [2.75, 3.05) is 9.80 Å². The number of hydrogen-bond acceptors (Lipinski definition) is 14. The van der Waals surface area contributed by atoms with Gasteiger partial charge in [-0.15, -0.1) is 0 Å². The second kappa shape index (κ2) is 26.7. The first-order chi connectivity index (χ1) is 44.5. The van der Waals surface area contributed by atoms with Gasteiger partial charge in [-0.3, -0.25) is 29.9 Å². The van der Waals surface area contributed by atoms with E-state index in [0.29, 0.717) is 64.1 Å². The second-order valence-corrected chi connectivity index (χ2v) is 22.1. The van der Waals surface area contributed by atoms with Crippen molar-refractivity contribution in [2.45, 2.75) is 65.8 Å². The van der Waals surface area contributed by atoms with Gasteiger partial charge in [-0.1, -0.05) is 133 Å². The Morgan fingerprint density at radius 3 is 0.633 bits per heavy atom. The van der Waals surface area contributed by atoms with Crippen molar-refractivity contribution in [3.8, 4) is 68.7 Å². The van der Waals surface area contributed by atoms with E-state index in [9.17, 15) is 0 Å². The molecule has 90 heavy (non-hydrogen) atoms. The average Bonchev–Trinajstić information content (AvgIpc) is 3.66. The molecule has 0 fully saturated rings. The lowest BCUT2D eigenvalue weighted by molar-refractivity contribution is 0.299. The van der Waals surface area contributed by atoms with Crippen LogP contribution in [0.5, 0.6) is 34.5 Å². The van der Waals surface area contributed by atoms with E-state index < -0.39 is 0 Å². The maximum Gasteiger partial charge on any atom is 0.143 e. The zero-order valence-corrected chi connectivity index (χ0v) is 49.3. The summed E-state index contributed by atoms with van der Waals surface area (Å²) in [5.74, 6) is 4.43. The molecule has 6 aromatic heterocycles. The smallest absolute Gasteiger partial charge is 0.143 e. The Morgan fingerprint density at radius 1 is 0.211 bits per heavy atom. The fourth-order valence-electron chi connectivity index (χ4n) is 11.0. The van der Waals surface area contributed by atoms with Crippen molar-refractivity contribution < 1.29 is 28.4 Å². The summed E-state index contributed by atoms with van der Waals surface area (Å²) in [5.41, 5.74) is 15.7. The molecule has 442 valence electrons. The molecular formula is C76H62N8O6. The van der Waals surface area contributed by atoms with Crippen LogP contribution in [-0.4, -0.2) is 29.9 Å². The maximum atomic E-state index is 6.76. The summed E-state index contributed by atoms with van der Waals surface area (Å²) >= 11 is 0. The largest absolute Gasteiger partial charge is 0.488 e. The molecule has 12 aromatic rings. The summed E-state index contributed by atoms with van der Waals surface area (Å²) in [6.07, 6.45) is 11.1. The fraction of sp³-hybridized carbons (Fsp3) is 0.132. The van der Waals surface area contributed by atoms with Crippen LogP contribution >= 0.6 is 0 Å². The Labute approximate surface area is 522 Å². The second-order valence-electron chi connectivity index (χ2n) is 22.1. The highest BCUT2D eigenvalue weighted by atomic mass is 16.5. The zero-order valence-electron chi connectivity index (χ0n) is 49.3. The predicted molar refractivity (Wildman–Crippen MR) is 347 cm³/mol.